The van der Waals surface area contributed by atoms with Gasteiger partial charge in [0, 0.05) is 37.6 Å². The van der Waals surface area contributed by atoms with Crippen molar-refractivity contribution in [3.05, 3.63) is 0 Å². The molecule has 0 unspecified atom stereocenters. The number of aliphatic hydroxyl groups is 2. The summed E-state index contributed by atoms with van der Waals surface area (Å²) in [4.78, 5) is 0. The summed E-state index contributed by atoms with van der Waals surface area (Å²) in [5.41, 5.74) is 0. The molecular weight excluding hydrogens is 202 g/mol. The van der Waals surface area contributed by atoms with Crippen LogP contribution in [0.2, 0.25) is 0 Å². The molecular formula is C4H10O2Sb. The molecule has 0 amide bonds. The molecule has 0 atom stereocenters. The van der Waals surface area contributed by atoms with E-state index in [4.69, 9.17) is 10.2 Å². The van der Waals surface area contributed by atoms with Crippen LogP contribution in [0.25, 0.3) is 0 Å². The number of rotatable bonds is 3. The molecule has 0 aliphatic heterocycles. The van der Waals surface area contributed by atoms with Gasteiger partial charge in [0.25, 0.3) is 0 Å². The molecule has 2 N–H and O–H groups in total. The average Bonchev–Trinajstić information content (AvgIpc) is 1.61. The maximum atomic E-state index is 8.09. The summed E-state index contributed by atoms with van der Waals surface area (Å²) in [7, 11) is 0. The molecule has 0 saturated heterocycles. The maximum absolute atomic E-state index is 8.09. The summed E-state index contributed by atoms with van der Waals surface area (Å²) in [5, 5.41) is 16.2. The quantitative estimate of drug-likeness (QED) is 0.483. The largest absolute Gasteiger partial charge is 0.396 e. The van der Waals surface area contributed by atoms with Crippen molar-refractivity contribution in [3.8, 4) is 0 Å². The molecule has 0 bridgehead atoms. The first kappa shape index (κ1) is 10.7. The fraction of sp³-hybridized carbons (Fsp3) is 1.00. The molecule has 0 aliphatic carbocycles. The van der Waals surface area contributed by atoms with Crippen LogP contribution in [-0.4, -0.2) is 47.9 Å². The van der Waals surface area contributed by atoms with Gasteiger partial charge >= 0.3 is 0 Å². The minimum absolute atomic E-state index is 0. The third-order valence-corrected chi connectivity index (χ3v) is 0.566. The van der Waals surface area contributed by atoms with Crippen molar-refractivity contribution in [3.63, 3.8) is 0 Å². The summed E-state index contributed by atoms with van der Waals surface area (Å²) in [6.45, 7) is 0.390. The summed E-state index contributed by atoms with van der Waals surface area (Å²) >= 11 is 0. The van der Waals surface area contributed by atoms with E-state index in [1.165, 1.54) is 0 Å². The first-order chi connectivity index (χ1) is 2.91. The molecule has 0 aromatic carbocycles. The Morgan fingerprint density at radius 3 is 1.29 bits per heavy atom. The second-order valence-electron chi connectivity index (χ2n) is 1.15. The average molecular weight is 212 g/mol. The van der Waals surface area contributed by atoms with E-state index in [9.17, 15) is 0 Å². The molecule has 2 nitrogen and oxygen atoms in total. The van der Waals surface area contributed by atoms with E-state index in [0.717, 1.165) is 12.8 Å². The first-order valence-corrected chi connectivity index (χ1v) is 2.13. The van der Waals surface area contributed by atoms with E-state index >= 15 is 0 Å². The van der Waals surface area contributed by atoms with Gasteiger partial charge in [-0.1, -0.05) is 0 Å². The standard InChI is InChI=1S/C4H10O2.Sb/c5-3-1-2-4-6;/h5-6H,1-4H2;. The molecule has 0 spiro atoms. The Kier molecular flexibility index (Phi) is 15.1. The molecule has 0 aromatic heterocycles. The minimum Gasteiger partial charge on any atom is -0.396 e. The van der Waals surface area contributed by atoms with Crippen molar-refractivity contribution < 1.29 is 10.2 Å². The predicted molar refractivity (Wildman–Crippen MR) is 29.2 cm³/mol. The van der Waals surface area contributed by atoms with Crippen LogP contribution in [0.3, 0.4) is 0 Å². The summed E-state index contributed by atoms with van der Waals surface area (Å²) in [6, 6.07) is 0. The van der Waals surface area contributed by atoms with Crippen molar-refractivity contribution in [1.29, 1.82) is 0 Å². The van der Waals surface area contributed by atoms with E-state index in [2.05, 4.69) is 0 Å². The first-order valence-electron chi connectivity index (χ1n) is 2.13. The molecule has 3 heteroatoms. The Hall–Kier alpha value is 0.738. The number of hydrogen-bond acceptors (Lipinski definition) is 2. The van der Waals surface area contributed by atoms with Crippen molar-refractivity contribution in [2.45, 2.75) is 12.8 Å². The van der Waals surface area contributed by atoms with Gasteiger partial charge in [0.15, 0.2) is 0 Å². The van der Waals surface area contributed by atoms with Crippen LogP contribution in [0, 0.1) is 0 Å². The van der Waals surface area contributed by atoms with Gasteiger partial charge in [-0.2, -0.15) is 0 Å². The van der Waals surface area contributed by atoms with Crippen LogP contribution in [0.4, 0.5) is 0 Å². The fourth-order valence-electron chi connectivity index (χ4n) is 0.224. The zero-order valence-electron chi connectivity index (χ0n) is 4.17. The van der Waals surface area contributed by atoms with Gasteiger partial charge in [-0.3, -0.25) is 0 Å². The molecule has 43 valence electrons. The molecule has 0 aliphatic rings. The third-order valence-electron chi connectivity index (χ3n) is 0.566. The predicted octanol–water partition coefficient (Wildman–Crippen LogP) is -0.630. The SMILES string of the molecule is OCCCCO.[Sb]. The van der Waals surface area contributed by atoms with Gasteiger partial charge in [-0.25, -0.2) is 0 Å². The Labute approximate surface area is 61.0 Å². The Balaban J connectivity index is 0. The van der Waals surface area contributed by atoms with E-state index in [1.54, 1.807) is 0 Å². The van der Waals surface area contributed by atoms with Crippen molar-refractivity contribution >= 4 is 24.4 Å². The van der Waals surface area contributed by atoms with E-state index in [-0.39, 0.29) is 37.6 Å². The topological polar surface area (TPSA) is 40.5 Å². The van der Waals surface area contributed by atoms with Crippen LogP contribution in [0.5, 0.6) is 0 Å². The van der Waals surface area contributed by atoms with Crippen LogP contribution in [0.15, 0.2) is 0 Å². The molecule has 0 rings (SSSR count). The minimum atomic E-state index is 0. The summed E-state index contributed by atoms with van der Waals surface area (Å²) in [6.07, 6.45) is 1.44. The normalized spacial score (nSPS) is 7.71. The van der Waals surface area contributed by atoms with Crippen LogP contribution in [0.1, 0.15) is 12.8 Å². The van der Waals surface area contributed by atoms with Gasteiger partial charge in [-0.15, -0.1) is 0 Å². The molecule has 0 heterocycles. The van der Waals surface area contributed by atoms with E-state index in [0.29, 0.717) is 0 Å². The second kappa shape index (κ2) is 9.88. The summed E-state index contributed by atoms with van der Waals surface area (Å²) in [5.74, 6) is 0. The van der Waals surface area contributed by atoms with Gasteiger partial charge in [0.2, 0.25) is 0 Å². The molecule has 0 fully saturated rings. The molecule has 0 aromatic rings. The van der Waals surface area contributed by atoms with Gasteiger partial charge in [0.1, 0.15) is 0 Å². The fourth-order valence-corrected chi connectivity index (χ4v) is 0.224. The van der Waals surface area contributed by atoms with Gasteiger partial charge < -0.3 is 10.2 Å². The van der Waals surface area contributed by atoms with Gasteiger partial charge in [0.05, 0.1) is 0 Å². The summed E-state index contributed by atoms with van der Waals surface area (Å²) < 4.78 is 0. The van der Waals surface area contributed by atoms with E-state index in [1.807, 2.05) is 0 Å². The van der Waals surface area contributed by atoms with Crippen molar-refractivity contribution in [2.75, 3.05) is 13.2 Å². The van der Waals surface area contributed by atoms with Crippen LogP contribution >= 0.6 is 0 Å². The van der Waals surface area contributed by atoms with Crippen LogP contribution in [-0.2, 0) is 0 Å². The Morgan fingerprint density at radius 2 is 1.14 bits per heavy atom. The van der Waals surface area contributed by atoms with E-state index < -0.39 is 0 Å². The third kappa shape index (κ3) is 10.8. The Bertz CT molecular complexity index is 21.7. The van der Waals surface area contributed by atoms with Crippen molar-refractivity contribution in [2.24, 2.45) is 0 Å². The number of aliphatic hydroxyl groups excluding tert-OH is 2. The Morgan fingerprint density at radius 1 is 0.857 bits per heavy atom. The van der Waals surface area contributed by atoms with Crippen LogP contribution < -0.4 is 0 Å². The molecule has 0 saturated carbocycles. The zero-order chi connectivity index (χ0) is 4.83. The smallest absolute Gasteiger partial charge is 0.0431 e. The molecule has 7 heavy (non-hydrogen) atoms. The monoisotopic (exact) mass is 211 g/mol. The van der Waals surface area contributed by atoms with Crippen molar-refractivity contribution in [1.82, 2.24) is 0 Å². The number of hydrogen-bond donors (Lipinski definition) is 2. The van der Waals surface area contributed by atoms with Gasteiger partial charge in [-0.05, 0) is 12.8 Å². The second-order valence-corrected chi connectivity index (χ2v) is 1.15. The maximum Gasteiger partial charge on any atom is 0.0431 e. The molecule has 3 radical (unpaired) electrons. The number of unbranched alkanes of at least 4 members (excludes halogenated alkanes) is 1. The zero-order valence-corrected chi connectivity index (χ0v) is 6.72.